The average molecular weight is 239 g/mol. The third-order valence-corrected chi connectivity index (χ3v) is 2.80. The lowest BCUT2D eigenvalue weighted by atomic mass is 9.90. The molecule has 1 aromatic carbocycles. The topological polar surface area (TPSA) is 26.3 Å². The van der Waals surface area contributed by atoms with Gasteiger partial charge in [-0.1, -0.05) is 37.2 Å². The van der Waals surface area contributed by atoms with Gasteiger partial charge in [0.2, 0.25) is 0 Å². The van der Waals surface area contributed by atoms with Gasteiger partial charge in [0.1, 0.15) is 0 Å². The first-order chi connectivity index (χ1) is 7.60. The highest BCUT2D eigenvalue weighted by atomic mass is 35.5. The van der Waals surface area contributed by atoms with Gasteiger partial charge in [0.15, 0.2) is 0 Å². The Kier molecular flexibility index (Phi) is 4.56. The van der Waals surface area contributed by atoms with Crippen molar-refractivity contribution in [3.63, 3.8) is 0 Å². The second kappa shape index (κ2) is 5.71. The lowest BCUT2D eigenvalue weighted by Crippen LogP contribution is -2.11. The number of halogens is 1. The quantitative estimate of drug-likeness (QED) is 0.592. The van der Waals surface area contributed by atoms with E-state index in [1.54, 1.807) is 0 Å². The second-order valence-corrected chi connectivity index (χ2v) is 3.97. The number of hydrogen-bond donors (Lipinski definition) is 0. The number of ether oxygens (including phenoxy) is 1. The third kappa shape index (κ3) is 2.86. The minimum Gasteiger partial charge on any atom is -0.466 e. The van der Waals surface area contributed by atoms with Crippen LogP contribution in [0.15, 0.2) is 36.4 Å². The maximum Gasteiger partial charge on any atom is 0.333 e. The Bertz CT molecular complexity index is 381. The van der Waals surface area contributed by atoms with Crippen molar-refractivity contribution in [2.24, 2.45) is 0 Å². The Hall–Kier alpha value is -1.28. The first-order valence-electron chi connectivity index (χ1n) is 5.12. The minimum absolute atomic E-state index is 0.00952. The van der Waals surface area contributed by atoms with Gasteiger partial charge >= 0.3 is 5.97 Å². The molecule has 1 aromatic rings. The molecule has 0 saturated carbocycles. The third-order valence-electron chi connectivity index (χ3n) is 2.55. The van der Waals surface area contributed by atoms with E-state index in [1.807, 2.05) is 31.2 Å². The SMILES string of the molecule is C=C(C(=O)OC)C(CC)c1ccc(Cl)cc1. The number of esters is 1. The summed E-state index contributed by atoms with van der Waals surface area (Å²) >= 11 is 5.81. The van der Waals surface area contributed by atoms with Gasteiger partial charge in [-0.05, 0) is 24.1 Å². The van der Waals surface area contributed by atoms with Crippen LogP contribution in [0.5, 0.6) is 0 Å². The molecule has 0 radical (unpaired) electrons. The molecule has 2 nitrogen and oxygen atoms in total. The van der Waals surface area contributed by atoms with Gasteiger partial charge in [0.25, 0.3) is 0 Å². The van der Waals surface area contributed by atoms with Gasteiger partial charge in [0, 0.05) is 16.5 Å². The van der Waals surface area contributed by atoms with Crippen molar-refractivity contribution in [1.82, 2.24) is 0 Å². The molecule has 0 amide bonds. The Balaban J connectivity index is 2.94. The van der Waals surface area contributed by atoms with Crippen molar-refractivity contribution in [2.45, 2.75) is 19.3 Å². The van der Waals surface area contributed by atoms with E-state index >= 15 is 0 Å². The smallest absolute Gasteiger partial charge is 0.333 e. The number of benzene rings is 1. The van der Waals surface area contributed by atoms with Crippen molar-refractivity contribution in [1.29, 1.82) is 0 Å². The summed E-state index contributed by atoms with van der Waals surface area (Å²) in [6.07, 6.45) is 0.801. The first kappa shape index (κ1) is 12.8. The molecular weight excluding hydrogens is 224 g/mol. The summed E-state index contributed by atoms with van der Waals surface area (Å²) in [7, 11) is 1.36. The number of carbonyl (C=O) groups excluding carboxylic acids is 1. The van der Waals surface area contributed by atoms with E-state index in [4.69, 9.17) is 11.6 Å². The van der Waals surface area contributed by atoms with Crippen LogP contribution in [0.2, 0.25) is 5.02 Å². The van der Waals surface area contributed by atoms with Gasteiger partial charge in [-0.15, -0.1) is 0 Å². The summed E-state index contributed by atoms with van der Waals surface area (Å²) in [5.74, 6) is -0.369. The summed E-state index contributed by atoms with van der Waals surface area (Å²) in [4.78, 5) is 11.4. The molecule has 3 heteroatoms. The minimum atomic E-state index is -0.359. The summed E-state index contributed by atoms with van der Waals surface area (Å²) in [5, 5.41) is 0.683. The highest BCUT2D eigenvalue weighted by molar-refractivity contribution is 6.30. The highest BCUT2D eigenvalue weighted by Gasteiger charge is 2.19. The zero-order chi connectivity index (χ0) is 12.1. The van der Waals surface area contributed by atoms with E-state index in [-0.39, 0.29) is 11.9 Å². The molecular formula is C13H15ClO2. The lowest BCUT2D eigenvalue weighted by molar-refractivity contribution is -0.136. The van der Waals surface area contributed by atoms with Gasteiger partial charge in [-0.2, -0.15) is 0 Å². The molecule has 0 spiro atoms. The fraction of sp³-hybridized carbons (Fsp3) is 0.308. The van der Waals surface area contributed by atoms with Crippen molar-refractivity contribution >= 4 is 17.6 Å². The number of rotatable bonds is 4. The molecule has 0 aliphatic heterocycles. The standard InChI is InChI=1S/C13H15ClO2/c1-4-12(9(2)13(15)16-3)10-5-7-11(14)8-6-10/h5-8,12H,2,4H2,1,3H3. The first-order valence-corrected chi connectivity index (χ1v) is 5.50. The van der Waals surface area contributed by atoms with E-state index in [0.717, 1.165) is 12.0 Å². The maximum atomic E-state index is 11.4. The molecule has 86 valence electrons. The predicted molar refractivity (Wildman–Crippen MR) is 65.6 cm³/mol. The van der Waals surface area contributed by atoms with E-state index in [0.29, 0.717) is 10.6 Å². The van der Waals surface area contributed by atoms with Crippen LogP contribution in [0, 0.1) is 0 Å². The normalized spacial score (nSPS) is 11.9. The summed E-state index contributed by atoms with van der Waals surface area (Å²) < 4.78 is 4.68. The van der Waals surface area contributed by atoms with Crippen molar-refractivity contribution in [3.05, 3.63) is 47.0 Å². The predicted octanol–water partition coefficient (Wildman–Crippen LogP) is 3.56. The molecule has 1 unspecified atom stereocenters. The number of methoxy groups -OCH3 is 1. The van der Waals surface area contributed by atoms with E-state index in [1.165, 1.54) is 7.11 Å². The molecule has 0 aliphatic carbocycles. The van der Waals surface area contributed by atoms with Crippen LogP contribution in [0.25, 0.3) is 0 Å². The van der Waals surface area contributed by atoms with Gasteiger partial charge in [-0.3, -0.25) is 0 Å². The van der Waals surface area contributed by atoms with Crippen LogP contribution in [-0.2, 0) is 9.53 Å². The van der Waals surface area contributed by atoms with Crippen LogP contribution in [-0.4, -0.2) is 13.1 Å². The van der Waals surface area contributed by atoms with Crippen molar-refractivity contribution in [3.8, 4) is 0 Å². The molecule has 0 saturated heterocycles. The highest BCUT2D eigenvalue weighted by Crippen LogP contribution is 2.28. The summed E-state index contributed by atoms with van der Waals surface area (Å²) in [6.45, 7) is 5.80. The average Bonchev–Trinajstić information content (AvgIpc) is 2.31. The zero-order valence-electron chi connectivity index (χ0n) is 9.50. The maximum absolute atomic E-state index is 11.4. The van der Waals surface area contributed by atoms with Gasteiger partial charge in [0.05, 0.1) is 7.11 Å². The molecule has 0 N–H and O–H groups in total. The Labute approximate surface area is 101 Å². The molecule has 1 atom stereocenters. The lowest BCUT2D eigenvalue weighted by Gasteiger charge is -2.16. The molecule has 16 heavy (non-hydrogen) atoms. The molecule has 1 rings (SSSR count). The van der Waals surface area contributed by atoms with Crippen molar-refractivity contribution in [2.75, 3.05) is 7.11 Å². The Morgan fingerprint density at radius 1 is 1.44 bits per heavy atom. The zero-order valence-corrected chi connectivity index (χ0v) is 10.3. The second-order valence-electron chi connectivity index (χ2n) is 3.53. The van der Waals surface area contributed by atoms with E-state index in [9.17, 15) is 4.79 Å². The number of hydrogen-bond acceptors (Lipinski definition) is 2. The number of carbonyl (C=O) groups is 1. The summed E-state index contributed by atoms with van der Waals surface area (Å²) in [5.41, 5.74) is 1.51. The largest absolute Gasteiger partial charge is 0.466 e. The van der Waals surface area contributed by atoms with Gasteiger partial charge < -0.3 is 4.74 Å². The van der Waals surface area contributed by atoms with Crippen LogP contribution >= 0.6 is 11.6 Å². The molecule has 0 fully saturated rings. The summed E-state index contributed by atoms with van der Waals surface area (Å²) in [6, 6.07) is 7.43. The molecule has 0 aliphatic rings. The van der Waals surface area contributed by atoms with Crippen LogP contribution < -0.4 is 0 Å². The van der Waals surface area contributed by atoms with Crippen LogP contribution in [0.4, 0.5) is 0 Å². The monoisotopic (exact) mass is 238 g/mol. The van der Waals surface area contributed by atoms with Crippen molar-refractivity contribution < 1.29 is 9.53 Å². The fourth-order valence-corrected chi connectivity index (χ4v) is 1.78. The molecule has 0 heterocycles. The molecule has 0 aromatic heterocycles. The van der Waals surface area contributed by atoms with E-state index < -0.39 is 0 Å². The Morgan fingerprint density at radius 2 is 2.00 bits per heavy atom. The Morgan fingerprint density at radius 3 is 2.44 bits per heavy atom. The van der Waals surface area contributed by atoms with E-state index in [2.05, 4.69) is 11.3 Å². The van der Waals surface area contributed by atoms with Crippen LogP contribution in [0.3, 0.4) is 0 Å². The molecule has 0 bridgehead atoms. The fourth-order valence-electron chi connectivity index (χ4n) is 1.65. The van der Waals surface area contributed by atoms with Gasteiger partial charge in [-0.25, -0.2) is 4.79 Å². The van der Waals surface area contributed by atoms with Crippen LogP contribution in [0.1, 0.15) is 24.8 Å².